The number of carbonyl (C=O) groups excluding carboxylic acids is 2. The Bertz CT molecular complexity index is 1610. The van der Waals surface area contributed by atoms with Gasteiger partial charge < -0.3 is 28.4 Å². The zero-order valence-electron chi connectivity index (χ0n) is 29.9. The molecule has 4 aromatic rings. The zero-order valence-corrected chi connectivity index (χ0v) is 29.9. The van der Waals surface area contributed by atoms with Crippen LogP contribution in [0.2, 0.25) is 0 Å². The summed E-state index contributed by atoms with van der Waals surface area (Å²) >= 11 is 0. The maximum atomic E-state index is 12.2. The number of hydrogen-bond acceptors (Lipinski definition) is 8. The Kier molecular flexibility index (Phi) is 16.5. The van der Waals surface area contributed by atoms with Crippen molar-refractivity contribution in [1.82, 2.24) is 0 Å². The van der Waals surface area contributed by atoms with Gasteiger partial charge in [-0.3, -0.25) is 4.79 Å². The maximum absolute atomic E-state index is 12.2. The molecule has 4 aromatic carbocycles. The molecular formula is C43H50O8. The molecule has 0 aromatic heterocycles. The number of esters is 2. The number of benzene rings is 4. The van der Waals surface area contributed by atoms with Crippen LogP contribution in [0.4, 0.5) is 0 Å². The van der Waals surface area contributed by atoms with Crippen molar-refractivity contribution in [2.24, 2.45) is 0 Å². The largest absolute Gasteiger partial charge is 0.497 e. The van der Waals surface area contributed by atoms with Crippen LogP contribution in [0.15, 0.2) is 109 Å². The van der Waals surface area contributed by atoms with E-state index in [1.165, 1.54) is 0 Å². The van der Waals surface area contributed by atoms with Crippen LogP contribution in [0.25, 0.3) is 22.3 Å². The van der Waals surface area contributed by atoms with E-state index >= 15 is 0 Å². The fourth-order valence-electron chi connectivity index (χ4n) is 5.30. The predicted molar refractivity (Wildman–Crippen MR) is 200 cm³/mol. The highest BCUT2D eigenvalue weighted by Gasteiger charge is 2.14. The molecule has 0 bridgehead atoms. The van der Waals surface area contributed by atoms with Gasteiger partial charge in [-0.25, -0.2) is 4.79 Å². The molecule has 0 radical (unpaired) electrons. The second kappa shape index (κ2) is 21.8. The third-order valence-corrected chi connectivity index (χ3v) is 8.31. The summed E-state index contributed by atoms with van der Waals surface area (Å²) in [4.78, 5) is 24.4. The summed E-state index contributed by atoms with van der Waals surface area (Å²) in [5.41, 5.74) is 4.59. The highest BCUT2D eigenvalue weighted by molar-refractivity contribution is 5.93. The van der Waals surface area contributed by atoms with Gasteiger partial charge >= 0.3 is 11.9 Å². The molecule has 270 valence electrons. The molecule has 51 heavy (non-hydrogen) atoms. The second-order valence-electron chi connectivity index (χ2n) is 12.2. The highest BCUT2D eigenvalue weighted by atomic mass is 16.5. The number of rotatable bonds is 23. The first-order valence-corrected chi connectivity index (χ1v) is 17.7. The molecule has 0 unspecified atom stereocenters. The van der Waals surface area contributed by atoms with Gasteiger partial charge in [0.1, 0.15) is 23.0 Å². The van der Waals surface area contributed by atoms with E-state index in [0.717, 1.165) is 96.6 Å². The van der Waals surface area contributed by atoms with Crippen molar-refractivity contribution in [3.63, 3.8) is 0 Å². The third-order valence-electron chi connectivity index (χ3n) is 8.31. The lowest BCUT2D eigenvalue weighted by Gasteiger charge is -2.09. The van der Waals surface area contributed by atoms with Crippen molar-refractivity contribution in [2.75, 3.05) is 40.6 Å². The van der Waals surface area contributed by atoms with Crippen LogP contribution < -0.4 is 18.9 Å². The van der Waals surface area contributed by atoms with Gasteiger partial charge in [-0.1, -0.05) is 55.1 Å². The Balaban J connectivity index is 0.944. The number of carbonyl (C=O) groups is 2. The molecule has 0 atom stereocenters. The van der Waals surface area contributed by atoms with Crippen LogP contribution in [0, 0.1) is 0 Å². The topological polar surface area (TPSA) is 89.5 Å². The smallest absolute Gasteiger partial charge is 0.333 e. The first-order valence-electron chi connectivity index (χ1n) is 17.7. The summed E-state index contributed by atoms with van der Waals surface area (Å²) in [6.07, 6.45) is 6.89. The third kappa shape index (κ3) is 13.9. The normalized spacial score (nSPS) is 10.6. The zero-order chi connectivity index (χ0) is 36.1. The van der Waals surface area contributed by atoms with E-state index < -0.39 is 11.9 Å². The van der Waals surface area contributed by atoms with Crippen LogP contribution >= 0.6 is 0 Å². The van der Waals surface area contributed by atoms with Crippen molar-refractivity contribution < 1.29 is 38.0 Å². The molecule has 0 aliphatic heterocycles. The van der Waals surface area contributed by atoms with Crippen LogP contribution in [-0.4, -0.2) is 52.6 Å². The lowest BCUT2D eigenvalue weighted by atomic mass is 10.1. The van der Waals surface area contributed by atoms with Crippen LogP contribution in [-0.2, 0) is 19.1 Å². The molecule has 0 saturated carbocycles. The van der Waals surface area contributed by atoms with Gasteiger partial charge in [-0.15, -0.1) is 0 Å². The SMILES string of the molecule is C=C(CC(=O)OCCCCCCOc1ccc(-c2ccc(OC)cc2)cc1)C(=O)OCCCCCCOc1ccc(-c2ccc(OC)cc2)cc1. The van der Waals surface area contributed by atoms with Crippen molar-refractivity contribution >= 4 is 11.9 Å². The number of hydrogen-bond donors (Lipinski definition) is 0. The van der Waals surface area contributed by atoms with Gasteiger partial charge in [-0.05, 0) is 122 Å². The molecule has 0 aliphatic carbocycles. The Morgan fingerprint density at radius 2 is 0.784 bits per heavy atom. The summed E-state index contributed by atoms with van der Waals surface area (Å²) in [5.74, 6) is 2.33. The summed E-state index contributed by atoms with van der Waals surface area (Å²) in [7, 11) is 3.32. The minimum atomic E-state index is -0.552. The fourth-order valence-corrected chi connectivity index (χ4v) is 5.30. The molecular weight excluding hydrogens is 644 g/mol. The van der Waals surface area contributed by atoms with Gasteiger partial charge in [0.05, 0.1) is 47.1 Å². The predicted octanol–water partition coefficient (Wildman–Crippen LogP) is 9.65. The Morgan fingerprint density at radius 3 is 1.16 bits per heavy atom. The molecule has 0 amide bonds. The molecule has 4 rings (SSSR count). The van der Waals surface area contributed by atoms with Crippen molar-refractivity contribution in [1.29, 1.82) is 0 Å². The van der Waals surface area contributed by atoms with Gasteiger partial charge in [0.15, 0.2) is 0 Å². The second-order valence-corrected chi connectivity index (χ2v) is 12.2. The monoisotopic (exact) mass is 694 g/mol. The lowest BCUT2D eigenvalue weighted by Crippen LogP contribution is -2.14. The fraction of sp³-hybridized carbons (Fsp3) is 0.349. The Morgan fingerprint density at radius 1 is 0.451 bits per heavy atom. The van der Waals surface area contributed by atoms with Crippen LogP contribution in [0.1, 0.15) is 57.8 Å². The number of methoxy groups -OCH3 is 2. The first-order chi connectivity index (χ1) is 24.9. The first kappa shape index (κ1) is 38.6. The molecule has 0 spiro atoms. The summed E-state index contributed by atoms with van der Waals surface area (Å²) in [6.45, 7) is 5.56. The molecule has 8 heteroatoms. The summed E-state index contributed by atoms with van der Waals surface area (Å²) < 4.78 is 32.7. The van der Waals surface area contributed by atoms with Gasteiger partial charge in [0.25, 0.3) is 0 Å². The average Bonchev–Trinajstić information content (AvgIpc) is 3.17. The van der Waals surface area contributed by atoms with Crippen LogP contribution in [0.3, 0.4) is 0 Å². The van der Waals surface area contributed by atoms with Crippen LogP contribution in [0.5, 0.6) is 23.0 Å². The van der Waals surface area contributed by atoms with E-state index in [1.54, 1.807) is 14.2 Å². The molecule has 0 heterocycles. The van der Waals surface area contributed by atoms with E-state index in [2.05, 4.69) is 6.58 Å². The Hall–Kier alpha value is -5.24. The molecule has 0 N–H and O–H groups in total. The summed E-state index contributed by atoms with van der Waals surface area (Å²) in [6, 6.07) is 32.0. The van der Waals surface area contributed by atoms with Crippen molar-refractivity contribution in [3.8, 4) is 45.3 Å². The summed E-state index contributed by atoms with van der Waals surface area (Å²) in [5, 5.41) is 0. The van der Waals surface area contributed by atoms with E-state index in [-0.39, 0.29) is 12.0 Å². The quantitative estimate of drug-likeness (QED) is 0.0431. The van der Waals surface area contributed by atoms with Gasteiger partial charge in [-0.2, -0.15) is 0 Å². The molecule has 8 nitrogen and oxygen atoms in total. The highest BCUT2D eigenvalue weighted by Crippen LogP contribution is 2.26. The van der Waals surface area contributed by atoms with Gasteiger partial charge in [0, 0.05) is 5.57 Å². The molecule has 0 aliphatic rings. The van der Waals surface area contributed by atoms with Gasteiger partial charge in [0.2, 0.25) is 0 Å². The lowest BCUT2D eigenvalue weighted by molar-refractivity contribution is -0.146. The van der Waals surface area contributed by atoms with E-state index in [4.69, 9.17) is 28.4 Å². The minimum absolute atomic E-state index is 0.112. The maximum Gasteiger partial charge on any atom is 0.333 e. The standard InChI is InChI=1S/C43H50O8/c1-33(43(45)51-31-11-7-5-9-29-49-41-26-18-37(19-27-41)35-14-22-39(47-3)23-15-35)32-42(44)50-30-10-6-4-8-28-48-40-24-16-36(17-25-40)34-12-20-38(46-2)21-13-34/h12-27H,1,4-11,28-32H2,2-3H3. The van der Waals surface area contributed by atoms with Crippen molar-refractivity contribution in [3.05, 3.63) is 109 Å². The van der Waals surface area contributed by atoms with E-state index in [0.29, 0.717) is 26.4 Å². The molecule has 0 fully saturated rings. The minimum Gasteiger partial charge on any atom is -0.497 e. The Labute approximate surface area is 302 Å². The number of unbranched alkanes of at least 4 members (excludes halogenated alkanes) is 6. The van der Waals surface area contributed by atoms with Crippen molar-refractivity contribution in [2.45, 2.75) is 57.8 Å². The average molecular weight is 695 g/mol. The van der Waals surface area contributed by atoms with E-state index in [1.807, 2.05) is 97.1 Å². The molecule has 0 saturated heterocycles. The van der Waals surface area contributed by atoms with E-state index in [9.17, 15) is 9.59 Å². The number of ether oxygens (including phenoxy) is 6.